The van der Waals surface area contributed by atoms with E-state index in [0.29, 0.717) is 18.3 Å². The molecule has 1 aliphatic carbocycles. The molecule has 0 saturated heterocycles. The second-order valence-electron chi connectivity index (χ2n) is 8.47. The van der Waals surface area contributed by atoms with Crippen LogP contribution in [0.2, 0.25) is 0 Å². The number of hydrogen-bond acceptors (Lipinski definition) is 6. The molecule has 0 bridgehead atoms. The van der Waals surface area contributed by atoms with Crippen LogP contribution in [-0.4, -0.2) is 27.0 Å². The molecule has 0 radical (unpaired) electrons. The number of alkyl halides is 3. The molecule has 0 spiro atoms. The second kappa shape index (κ2) is 8.90. The minimum atomic E-state index is -4.42. The number of aryl methyl sites for hydroxylation is 2. The van der Waals surface area contributed by atoms with E-state index in [2.05, 4.69) is 25.6 Å². The Bertz CT molecular complexity index is 1100. The van der Waals surface area contributed by atoms with Crippen molar-refractivity contribution in [3.05, 3.63) is 52.8 Å². The first-order chi connectivity index (χ1) is 15.2. The predicted molar refractivity (Wildman–Crippen MR) is 119 cm³/mol. The zero-order chi connectivity index (χ0) is 22.9. The topological polar surface area (TPSA) is 88.8 Å². The molecule has 1 saturated carbocycles. The third kappa shape index (κ3) is 4.93. The quantitative estimate of drug-likeness (QED) is 0.526. The van der Waals surface area contributed by atoms with Crippen LogP contribution in [0.4, 0.5) is 24.9 Å². The van der Waals surface area contributed by atoms with E-state index in [0.717, 1.165) is 59.3 Å². The Morgan fingerprint density at radius 1 is 1.06 bits per heavy atom. The van der Waals surface area contributed by atoms with E-state index >= 15 is 0 Å². The Balaban J connectivity index is 1.37. The van der Waals surface area contributed by atoms with Crippen molar-refractivity contribution >= 4 is 22.7 Å². The summed E-state index contributed by atoms with van der Waals surface area (Å²) in [5.74, 6) is 0.995. The number of nitrogens with one attached hydrogen (secondary N) is 2. The van der Waals surface area contributed by atoms with Gasteiger partial charge in [0, 0.05) is 30.2 Å². The summed E-state index contributed by atoms with van der Waals surface area (Å²) < 4.78 is 38.0. The van der Waals surface area contributed by atoms with Crippen LogP contribution < -0.4 is 16.4 Å². The zero-order valence-corrected chi connectivity index (χ0v) is 18.1. The van der Waals surface area contributed by atoms with Crippen molar-refractivity contribution in [3.8, 4) is 0 Å². The Labute approximate surface area is 184 Å². The van der Waals surface area contributed by atoms with Crippen molar-refractivity contribution in [2.45, 2.75) is 64.3 Å². The van der Waals surface area contributed by atoms with Gasteiger partial charge >= 0.3 is 6.18 Å². The molecule has 1 aromatic carbocycles. The number of rotatable bonds is 5. The number of fused-ring (bicyclic) bond motifs is 1. The van der Waals surface area contributed by atoms with Gasteiger partial charge in [0.2, 0.25) is 5.95 Å². The highest BCUT2D eigenvalue weighted by molar-refractivity contribution is 5.92. The van der Waals surface area contributed by atoms with Gasteiger partial charge in [0.25, 0.3) is 0 Å². The normalized spacial score (nSPS) is 19.3. The van der Waals surface area contributed by atoms with Crippen LogP contribution in [0.15, 0.2) is 30.5 Å². The standard InChI is InChI=1S/C23H27F3N6/c1-13-6-8-18-20(14(13)2)21(27)32-22(31-18)30-17-5-3-4-16(10-17)28-11-15-7-9-19(29-12-15)23(24,25)26/h6-9,12,16-17,28H,3-5,10-11H2,1-2H3,(H3,27,30,31,32)/t16-,17-/m0/s1. The summed E-state index contributed by atoms with van der Waals surface area (Å²) in [6, 6.07) is 6.92. The summed E-state index contributed by atoms with van der Waals surface area (Å²) in [4.78, 5) is 12.7. The first kappa shape index (κ1) is 22.3. The molecule has 4 N–H and O–H groups in total. The average molecular weight is 445 g/mol. The van der Waals surface area contributed by atoms with Crippen LogP contribution in [-0.2, 0) is 12.7 Å². The molecule has 2 heterocycles. The molecule has 0 amide bonds. The van der Waals surface area contributed by atoms with E-state index in [9.17, 15) is 13.2 Å². The Morgan fingerprint density at radius 3 is 2.56 bits per heavy atom. The smallest absolute Gasteiger partial charge is 0.383 e. The molecule has 32 heavy (non-hydrogen) atoms. The SMILES string of the molecule is Cc1ccc2nc(N[C@H]3CCC[C@H](NCc4ccc(C(F)(F)F)nc4)C3)nc(N)c2c1C. The molecule has 9 heteroatoms. The summed E-state index contributed by atoms with van der Waals surface area (Å²) in [6.07, 6.45) is 0.758. The fourth-order valence-electron chi connectivity index (χ4n) is 4.24. The van der Waals surface area contributed by atoms with Gasteiger partial charge in [-0.25, -0.2) is 4.98 Å². The fraction of sp³-hybridized carbons (Fsp3) is 0.435. The fourth-order valence-corrected chi connectivity index (χ4v) is 4.24. The van der Waals surface area contributed by atoms with E-state index in [1.807, 2.05) is 26.0 Å². The van der Waals surface area contributed by atoms with Crippen molar-refractivity contribution < 1.29 is 13.2 Å². The van der Waals surface area contributed by atoms with Gasteiger partial charge < -0.3 is 16.4 Å². The molecule has 6 nitrogen and oxygen atoms in total. The molecule has 2 aromatic heterocycles. The molecule has 4 rings (SSSR count). The van der Waals surface area contributed by atoms with E-state index in [4.69, 9.17) is 5.73 Å². The number of halogens is 3. The first-order valence-electron chi connectivity index (χ1n) is 10.8. The summed E-state index contributed by atoms with van der Waals surface area (Å²) >= 11 is 0. The third-order valence-corrected chi connectivity index (χ3v) is 6.14. The van der Waals surface area contributed by atoms with Crippen molar-refractivity contribution in [2.24, 2.45) is 0 Å². The van der Waals surface area contributed by atoms with Crippen LogP contribution in [0, 0.1) is 13.8 Å². The highest BCUT2D eigenvalue weighted by Crippen LogP contribution is 2.28. The van der Waals surface area contributed by atoms with E-state index in [1.54, 1.807) is 0 Å². The highest BCUT2D eigenvalue weighted by Gasteiger charge is 2.32. The molecule has 2 atom stereocenters. The minimum absolute atomic E-state index is 0.190. The lowest BCUT2D eigenvalue weighted by Gasteiger charge is -2.30. The van der Waals surface area contributed by atoms with Gasteiger partial charge in [-0.1, -0.05) is 12.1 Å². The number of pyridine rings is 1. The van der Waals surface area contributed by atoms with Gasteiger partial charge in [0.15, 0.2) is 0 Å². The maximum atomic E-state index is 12.7. The minimum Gasteiger partial charge on any atom is -0.383 e. The molecule has 1 fully saturated rings. The molecule has 3 aromatic rings. The molecule has 170 valence electrons. The maximum Gasteiger partial charge on any atom is 0.433 e. The van der Waals surface area contributed by atoms with Crippen molar-refractivity contribution in [1.29, 1.82) is 0 Å². The highest BCUT2D eigenvalue weighted by atomic mass is 19.4. The Morgan fingerprint density at radius 2 is 1.84 bits per heavy atom. The van der Waals surface area contributed by atoms with Gasteiger partial charge in [-0.2, -0.15) is 18.2 Å². The Hall–Kier alpha value is -2.94. The second-order valence-corrected chi connectivity index (χ2v) is 8.47. The number of anilines is 2. The van der Waals surface area contributed by atoms with Crippen molar-refractivity contribution in [2.75, 3.05) is 11.1 Å². The lowest BCUT2D eigenvalue weighted by atomic mass is 9.91. The third-order valence-electron chi connectivity index (χ3n) is 6.14. The molecule has 0 unspecified atom stereocenters. The van der Waals surface area contributed by atoms with Gasteiger partial charge in [0.05, 0.1) is 5.52 Å². The summed E-state index contributed by atoms with van der Waals surface area (Å²) in [7, 11) is 0. The zero-order valence-electron chi connectivity index (χ0n) is 18.1. The predicted octanol–water partition coefficient (Wildman–Crippen LogP) is 4.76. The van der Waals surface area contributed by atoms with Gasteiger partial charge in [0.1, 0.15) is 11.5 Å². The van der Waals surface area contributed by atoms with Crippen LogP contribution in [0.5, 0.6) is 0 Å². The van der Waals surface area contributed by atoms with E-state index < -0.39 is 11.9 Å². The lowest BCUT2D eigenvalue weighted by molar-refractivity contribution is -0.141. The van der Waals surface area contributed by atoms with Crippen molar-refractivity contribution in [1.82, 2.24) is 20.3 Å². The average Bonchev–Trinajstić information content (AvgIpc) is 2.75. The number of nitrogens with zero attached hydrogens (tertiary/aromatic N) is 3. The van der Waals surface area contributed by atoms with Gasteiger partial charge in [-0.15, -0.1) is 0 Å². The lowest BCUT2D eigenvalue weighted by Crippen LogP contribution is -2.38. The van der Waals surface area contributed by atoms with E-state index in [-0.39, 0.29) is 12.1 Å². The maximum absolute atomic E-state index is 12.7. The summed E-state index contributed by atoms with van der Waals surface area (Å²) in [6.45, 7) is 4.53. The number of nitrogen functional groups attached to an aromatic ring is 1. The van der Waals surface area contributed by atoms with Crippen LogP contribution in [0.25, 0.3) is 10.9 Å². The van der Waals surface area contributed by atoms with Gasteiger partial charge in [-0.05, 0) is 68.4 Å². The van der Waals surface area contributed by atoms with Crippen molar-refractivity contribution in [3.63, 3.8) is 0 Å². The van der Waals surface area contributed by atoms with Crippen LogP contribution in [0.3, 0.4) is 0 Å². The Kier molecular flexibility index (Phi) is 6.19. The number of hydrogen-bond donors (Lipinski definition) is 3. The molecular weight excluding hydrogens is 417 g/mol. The summed E-state index contributed by atoms with van der Waals surface area (Å²) in [5, 5.41) is 7.75. The molecular formula is C23H27F3N6. The van der Waals surface area contributed by atoms with Crippen LogP contribution in [0.1, 0.15) is 48.1 Å². The number of nitrogens with two attached hydrogens (primary N) is 1. The molecule has 1 aliphatic rings. The van der Waals surface area contributed by atoms with E-state index in [1.165, 1.54) is 12.3 Å². The molecule has 0 aliphatic heterocycles. The van der Waals surface area contributed by atoms with Crippen LogP contribution >= 0.6 is 0 Å². The largest absolute Gasteiger partial charge is 0.433 e. The monoisotopic (exact) mass is 444 g/mol. The number of aromatic nitrogens is 3. The number of benzene rings is 1. The van der Waals surface area contributed by atoms with Gasteiger partial charge in [-0.3, -0.25) is 4.98 Å². The first-order valence-corrected chi connectivity index (χ1v) is 10.8. The summed E-state index contributed by atoms with van der Waals surface area (Å²) in [5.41, 5.74) is 9.15.